The minimum absolute atomic E-state index is 0.271. The minimum atomic E-state index is 0.271. The monoisotopic (exact) mass is 290 g/mol. The third-order valence-electron chi connectivity index (χ3n) is 4.80. The molecule has 2 heterocycles. The molecule has 21 heavy (non-hydrogen) atoms. The first-order chi connectivity index (χ1) is 10.1. The summed E-state index contributed by atoms with van der Waals surface area (Å²) < 4.78 is 11.5. The van der Waals surface area contributed by atoms with Gasteiger partial charge in [0.25, 0.3) is 0 Å². The van der Waals surface area contributed by atoms with Gasteiger partial charge in [-0.15, -0.1) is 0 Å². The van der Waals surface area contributed by atoms with Crippen LogP contribution in [0.1, 0.15) is 31.4 Å². The van der Waals surface area contributed by atoms with Crippen LogP contribution in [0.2, 0.25) is 0 Å². The molecule has 4 heteroatoms. The van der Waals surface area contributed by atoms with E-state index >= 15 is 0 Å². The molecule has 3 rings (SSSR count). The number of methoxy groups -OCH3 is 1. The van der Waals surface area contributed by atoms with Gasteiger partial charge in [0, 0.05) is 36.7 Å². The van der Waals surface area contributed by atoms with Crippen LogP contribution in [0.4, 0.5) is 0 Å². The second-order valence-electron chi connectivity index (χ2n) is 6.52. The Morgan fingerprint density at radius 3 is 2.86 bits per heavy atom. The SMILES string of the molecule is COc1cc2c(cc1CN1CC(CN)CC1C)OC(C)C2. The lowest BCUT2D eigenvalue weighted by atomic mass is 10.1. The lowest BCUT2D eigenvalue weighted by molar-refractivity contribution is 0.246. The van der Waals surface area contributed by atoms with E-state index in [-0.39, 0.29) is 6.10 Å². The van der Waals surface area contributed by atoms with E-state index in [2.05, 4.69) is 30.9 Å². The molecule has 0 amide bonds. The van der Waals surface area contributed by atoms with Gasteiger partial charge in [0.2, 0.25) is 0 Å². The maximum Gasteiger partial charge on any atom is 0.123 e. The first-order valence-corrected chi connectivity index (χ1v) is 7.91. The summed E-state index contributed by atoms with van der Waals surface area (Å²) in [5.74, 6) is 2.63. The Morgan fingerprint density at radius 1 is 1.38 bits per heavy atom. The average Bonchev–Trinajstić information content (AvgIpc) is 2.99. The molecule has 116 valence electrons. The van der Waals surface area contributed by atoms with Crippen molar-refractivity contribution in [1.29, 1.82) is 0 Å². The summed E-state index contributed by atoms with van der Waals surface area (Å²) in [7, 11) is 1.75. The van der Waals surface area contributed by atoms with Gasteiger partial charge < -0.3 is 15.2 Å². The second kappa shape index (κ2) is 5.85. The molecule has 2 aliphatic rings. The van der Waals surface area contributed by atoms with Crippen molar-refractivity contribution in [2.75, 3.05) is 20.2 Å². The fourth-order valence-electron chi connectivity index (χ4n) is 3.62. The van der Waals surface area contributed by atoms with Crippen molar-refractivity contribution >= 4 is 0 Å². The summed E-state index contributed by atoms with van der Waals surface area (Å²) in [5.41, 5.74) is 8.30. The number of rotatable bonds is 4. The normalized spacial score (nSPS) is 28.5. The average molecular weight is 290 g/mol. The largest absolute Gasteiger partial charge is 0.496 e. The molecular formula is C17H26N2O2. The summed E-state index contributed by atoms with van der Waals surface area (Å²) in [6.07, 6.45) is 2.44. The minimum Gasteiger partial charge on any atom is -0.496 e. The molecule has 0 bridgehead atoms. The fourth-order valence-corrected chi connectivity index (χ4v) is 3.62. The van der Waals surface area contributed by atoms with Gasteiger partial charge >= 0.3 is 0 Å². The van der Waals surface area contributed by atoms with Crippen molar-refractivity contribution in [1.82, 2.24) is 4.90 Å². The third-order valence-corrected chi connectivity index (χ3v) is 4.80. The van der Waals surface area contributed by atoms with Gasteiger partial charge in [0.05, 0.1) is 7.11 Å². The lowest BCUT2D eigenvalue weighted by Crippen LogP contribution is -2.27. The van der Waals surface area contributed by atoms with Gasteiger partial charge in [0.1, 0.15) is 17.6 Å². The molecule has 0 aliphatic carbocycles. The number of benzene rings is 1. The topological polar surface area (TPSA) is 47.7 Å². The van der Waals surface area contributed by atoms with E-state index in [1.165, 1.54) is 17.5 Å². The summed E-state index contributed by atoms with van der Waals surface area (Å²) in [4.78, 5) is 2.50. The number of likely N-dealkylation sites (tertiary alicyclic amines) is 1. The lowest BCUT2D eigenvalue weighted by Gasteiger charge is -2.22. The summed E-state index contributed by atoms with van der Waals surface area (Å²) in [6, 6.07) is 4.89. The Balaban J connectivity index is 1.81. The number of nitrogens with two attached hydrogens (primary N) is 1. The highest BCUT2D eigenvalue weighted by Gasteiger charge is 2.29. The molecule has 1 fully saturated rings. The fraction of sp³-hybridized carbons (Fsp3) is 0.647. The van der Waals surface area contributed by atoms with Crippen LogP contribution in [0.3, 0.4) is 0 Å². The van der Waals surface area contributed by atoms with E-state index in [1.54, 1.807) is 7.11 Å². The van der Waals surface area contributed by atoms with Crippen LogP contribution in [-0.4, -0.2) is 37.2 Å². The quantitative estimate of drug-likeness (QED) is 0.923. The number of fused-ring (bicyclic) bond motifs is 1. The maximum atomic E-state index is 5.89. The third kappa shape index (κ3) is 2.87. The number of ether oxygens (including phenoxy) is 2. The van der Waals surface area contributed by atoms with E-state index in [4.69, 9.17) is 15.2 Å². The molecule has 3 unspecified atom stereocenters. The first kappa shape index (κ1) is 14.7. The highest BCUT2D eigenvalue weighted by atomic mass is 16.5. The van der Waals surface area contributed by atoms with E-state index in [9.17, 15) is 0 Å². The van der Waals surface area contributed by atoms with Crippen molar-refractivity contribution < 1.29 is 9.47 Å². The van der Waals surface area contributed by atoms with Crippen LogP contribution in [-0.2, 0) is 13.0 Å². The maximum absolute atomic E-state index is 5.89. The molecule has 0 radical (unpaired) electrons. The summed E-state index contributed by atoms with van der Waals surface area (Å²) >= 11 is 0. The molecule has 0 spiro atoms. The van der Waals surface area contributed by atoms with Crippen LogP contribution in [0, 0.1) is 5.92 Å². The van der Waals surface area contributed by atoms with Crippen LogP contribution >= 0.6 is 0 Å². The van der Waals surface area contributed by atoms with E-state index in [0.29, 0.717) is 12.0 Å². The van der Waals surface area contributed by atoms with Crippen molar-refractivity contribution in [3.05, 3.63) is 23.3 Å². The molecule has 2 aliphatic heterocycles. The predicted molar refractivity (Wildman–Crippen MR) is 83.8 cm³/mol. The molecular weight excluding hydrogens is 264 g/mol. The second-order valence-corrected chi connectivity index (χ2v) is 6.52. The summed E-state index contributed by atoms with van der Waals surface area (Å²) in [5, 5.41) is 0. The van der Waals surface area contributed by atoms with Gasteiger partial charge in [0.15, 0.2) is 0 Å². The number of hydrogen-bond donors (Lipinski definition) is 1. The van der Waals surface area contributed by atoms with Crippen LogP contribution in [0.5, 0.6) is 11.5 Å². The van der Waals surface area contributed by atoms with Crippen molar-refractivity contribution in [3.8, 4) is 11.5 Å². The van der Waals surface area contributed by atoms with E-state index < -0.39 is 0 Å². The number of nitrogens with zero attached hydrogens (tertiary/aromatic N) is 1. The van der Waals surface area contributed by atoms with Gasteiger partial charge in [-0.05, 0) is 44.9 Å². The smallest absolute Gasteiger partial charge is 0.123 e. The van der Waals surface area contributed by atoms with Gasteiger partial charge in [-0.2, -0.15) is 0 Å². The highest BCUT2D eigenvalue weighted by Crippen LogP contribution is 2.36. The van der Waals surface area contributed by atoms with Crippen molar-refractivity contribution in [3.63, 3.8) is 0 Å². The molecule has 2 N–H and O–H groups in total. The summed E-state index contributed by atoms with van der Waals surface area (Å²) in [6.45, 7) is 7.17. The first-order valence-electron chi connectivity index (χ1n) is 7.91. The van der Waals surface area contributed by atoms with E-state index in [1.807, 2.05) is 0 Å². The zero-order chi connectivity index (χ0) is 15.0. The Hall–Kier alpha value is -1.26. The number of hydrogen-bond acceptors (Lipinski definition) is 4. The molecule has 0 aromatic heterocycles. The molecule has 1 aromatic rings. The Labute approximate surface area is 127 Å². The van der Waals surface area contributed by atoms with Gasteiger partial charge in [-0.3, -0.25) is 4.90 Å². The Bertz CT molecular complexity index is 518. The molecule has 4 nitrogen and oxygen atoms in total. The van der Waals surface area contributed by atoms with Crippen molar-refractivity contribution in [2.45, 2.75) is 45.4 Å². The Morgan fingerprint density at radius 2 is 2.19 bits per heavy atom. The van der Waals surface area contributed by atoms with E-state index in [0.717, 1.165) is 37.6 Å². The van der Waals surface area contributed by atoms with Crippen LogP contribution in [0.15, 0.2) is 12.1 Å². The zero-order valence-corrected chi connectivity index (χ0v) is 13.3. The highest BCUT2D eigenvalue weighted by molar-refractivity contribution is 5.48. The molecule has 3 atom stereocenters. The predicted octanol–water partition coefficient (Wildman–Crippen LogP) is 2.19. The Kier molecular flexibility index (Phi) is 4.09. The van der Waals surface area contributed by atoms with Crippen LogP contribution < -0.4 is 15.2 Å². The van der Waals surface area contributed by atoms with Crippen molar-refractivity contribution in [2.24, 2.45) is 11.7 Å². The zero-order valence-electron chi connectivity index (χ0n) is 13.3. The molecule has 1 saturated heterocycles. The van der Waals surface area contributed by atoms with Gasteiger partial charge in [-0.1, -0.05) is 0 Å². The standard InChI is InChI=1S/C17H26N2O2/c1-11-4-13(8-18)9-19(11)10-15-7-17-14(5-12(2)21-17)6-16(15)20-3/h6-7,11-13H,4-5,8-10,18H2,1-3H3. The van der Waals surface area contributed by atoms with Crippen LogP contribution in [0.25, 0.3) is 0 Å². The van der Waals surface area contributed by atoms with Gasteiger partial charge in [-0.25, -0.2) is 0 Å². The molecule has 1 aromatic carbocycles. The molecule has 0 saturated carbocycles.